The molecule has 13 heavy (non-hydrogen) atoms. The number of hydrogen-bond acceptors (Lipinski definition) is 3. The van der Waals surface area contributed by atoms with Crippen LogP contribution in [-0.4, -0.2) is 17.6 Å². The third-order valence-corrected chi connectivity index (χ3v) is 2.01. The lowest BCUT2D eigenvalue weighted by Gasteiger charge is -1.96. The van der Waals surface area contributed by atoms with Crippen molar-refractivity contribution in [3.63, 3.8) is 0 Å². The fourth-order valence-corrected chi connectivity index (χ4v) is 1.20. The van der Waals surface area contributed by atoms with Gasteiger partial charge in [0.25, 0.3) is 5.69 Å². The minimum atomic E-state index is -0.391. The minimum Gasteiger partial charge on any atom is -0.373 e. The number of hydrogen-bond donors (Lipinski definition) is 0. The Morgan fingerprint density at radius 3 is 2.54 bits per heavy atom. The van der Waals surface area contributed by atoms with Gasteiger partial charge in [-0.2, -0.15) is 0 Å². The Hall–Kier alpha value is -1.42. The van der Waals surface area contributed by atoms with Gasteiger partial charge in [0, 0.05) is 18.6 Å². The van der Waals surface area contributed by atoms with E-state index in [2.05, 4.69) is 0 Å². The van der Waals surface area contributed by atoms with Gasteiger partial charge in [0.15, 0.2) is 0 Å². The molecule has 0 aliphatic carbocycles. The van der Waals surface area contributed by atoms with Gasteiger partial charge in [0.1, 0.15) is 0 Å². The fraction of sp³-hybridized carbons (Fsp3) is 0.333. The molecule has 1 aliphatic heterocycles. The van der Waals surface area contributed by atoms with Crippen molar-refractivity contribution in [2.75, 3.05) is 6.61 Å². The van der Waals surface area contributed by atoms with Crippen molar-refractivity contribution >= 4 is 5.69 Å². The average Bonchev–Trinajstić information content (AvgIpc) is 2.89. The second-order valence-electron chi connectivity index (χ2n) is 3.08. The molecule has 68 valence electrons. The summed E-state index contributed by atoms with van der Waals surface area (Å²) >= 11 is 0. The van der Waals surface area contributed by atoms with E-state index in [9.17, 15) is 10.1 Å². The molecule has 0 N–H and O–H groups in total. The molecule has 0 saturated carbocycles. The highest BCUT2D eigenvalue weighted by Gasteiger charge is 2.22. The predicted molar refractivity (Wildman–Crippen MR) is 46.5 cm³/mol. The van der Waals surface area contributed by atoms with Crippen LogP contribution >= 0.6 is 0 Å². The summed E-state index contributed by atoms with van der Waals surface area (Å²) in [4.78, 5) is 9.94. The van der Waals surface area contributed by atoms with E-state index in [1.807, 2.05) is 0 Å². The zero-order valence-corrected chi connectivity index (χ0v) is 6.97. The molecule has 1 saturated heterocycles. The fourth-order valence-electron chi connectivity index (χ4n) is 1.20. The first-order valence-electron chi connectivity index (χ1n) is 4.10. The third-order valence-electron chi connectivity index (χ3n) is 2.01. The second-order valence-corrected chi connectivity index (χ2v) is 3.08. The summed E-state index contributed by atoms with van der Waals surface area (Å²) in [6.07, 6.45) is 1.19. The molecule has 2 rings (SSSR count). The molecule has 4 nitrogen and oxygen atoms in total. The second kappa shape index (κ2) is 3.14. The van der Waals surface area contributed by atoms with Gasteiger partial charge < -0.3 is 4.74 Å². The van der Waals surface area contributed by atoms with Crippen LogP contribution in [0.2, 0.25) is 0 Å². The zero-order chi connectivity index (χ0) is 9.26. The van der Waals surface area contributed by atoms with Gasteiger partial charge >= 0.3 is 0 Å². The van der Waals surface area contributed by atoms with Crippen molar-refractivity contribution in [2.24, 2.45) is 0 Å². The summed E-state index contributed by atoms with van der Waals surface area (Å²) in [7, 11) is 0. The molecule has 0 bridgehead atoms. The number of nitro groups is 1. The van der Waals surface area contributed by atoms with E-state index in [-0.39, 0.29) is 5.69 Å². The van der Waals surface area contributed by atoms with Crippen molar-refractivity contribution in [2.45, 2.75) is 12.5 Å². The van der Waals surface area contributed by atoms with Crippen LogP contribution in [0.25, 0.3) is 0 Å². The van der Waals surface area contributed by atoms with Crippen LogP contribution in [-0.2, 0) is 11.2 Å². The number of ether oxygens (including phenoxy) is 1. The maximum atomic E-state index is 10.3. The number of epoxide rings is 1. The standard InChI is InChI=1S/C9H9NO3/c11-10(12)8-3-1-7(2-4-8)5-9-6-13-9/h1-4,9H,5-6H2/t9-/m0/s1. The van der Waals surface area contributed by atoms with Crippen molar-refractivity contribution in [3.05, 3.63) is 39.9 Å². The van der Waals surface area contributed by atoms with E-state index in [1.165, 1.54) is 12.1 Å². The lowest BCUT2D eigenvalue weighted by Crippen LogP contribution is -1.93. The summed E-state index contributed by atoms with van der Waals surface area (Å²) < 4.78 is 5.06. The number of nitrogens with zero attached hydrogens (tertiary/aromatic N) is 1. The number of non-ortho nitro benzene ring substituents is 1. The van der Waals surface area contributed by atoms with E-state index in [0.29, 0.717) is 6.10 Å². The van der Waals surface area contributed by atoms with Crippen molar-refractivity contribution < 1.29 is 9.66 Å². The summed E-state index contributed by atoms with van der Waals surface area (Å²) in [5, 5.41) is 10.3. The highest BCUT2D eigenvalue weighted by Crippen LogP contribution is 2.18. The maximum absolute atomic E-state index is 10.3. The van der Waals surface area contributed by atoms with Crippen LogP contribution in [0.1, 0.15) is 5.56 Å². The Labute approximate surface area is 75.3 Å². The molecule has 0 radical (unpaired) electrons. The summed E-state index contributed by atoms with van der Waals surface area (Å²) in [5.41, 5.74) is 1.23. The summed E-state index contributed by atoms with van der Waals surface area (Å²) in [6, 6.07) is 6.61. The van der Waals surface area contributed by atoms with Crippen LogP contribution in [0.3, 0.4) is 0 Å². The van der Waals surface area contributed by atoms with Gasteiger partial charge in [-0.1, -0.05) is 12.1 Å². The molecule has 1 aromatic carbocycles. The van der Waals surface area contributed by atoms with E-state index < -0.39 is 4.92 Å². The molecule has 1 aliphatic rings. The normalized spacial score (nSPS) is 19.8. The average molecular weight is 179 g/mol. The van der Waals surface area contributed by atoms with E-state index in [0.717, 1.165) is 18.6 Å². The molecule has 0 amide bonds. The smallest absolute Gasteiger partial charge is 0.269 e. The van der Waals surface area contributed by atoms with Gasteiger partial charge in [0.2, 0.25) is 0 Å². The highest BCUT2D eigenvalue weighted by molar-refractivity contribution is 5.33. The number of rotatable bonds is 3. The molecule has 1 heterocycles. The van der Waals surface area contributed by atoms with Gasteiger partial charge in [-0.15, -0.1) is 0 Å². The number of benzene rings is 1. The molecule has 0 unspecified atom stereocenters. The van der Waals surface area contributed by atoms with Gasteiger partial charge in [-0.05, 0) is 5.56 Å². The molecule has 0 aromatic heterocycles. The SMILES string of the molecule is O=[N+]([O-])c1ccc(C[C@H]2CO2)cc1. The van der Waals surface area contributed by atoms with E-state index >= 15 is 0 Å². The Bertz CT molecular complexity index is 316. The lowest BCUT2D eigenvalue weighted by atomic mass is 10.1. The quantitative estimate of drug-likeness (QED) is 0.401. The zero-order valence-electron chi connectivity index (χ0n) is 6.97. The molecular formula is C9H9NO3. The lowest BCUT2D eigenvalue weighted by molar-refractivity contribution is -0.384. The Morgan fingerprint density at radius 2 is 2.08 bits per heavy atom. The van der Waals surface area contributed by atoms with E-state index in [1.54, 1.807) is 12.1 Å². The van der Waals surface area contributed by atoms with Crippen molar-refractivity contribution in [3.8, 4) is 0 Å². The summed E-state index contributed by atoms with van der Waals surface area (Å²) in [5.74, 6) is 0. The van der Waals surface area contributed by atoms with Crippen LogP contribution in [0.5, 0.6) is 0 Å². The molecule has 4 heteroatoms. The number of nitro benzene ring substituents is 1. The molecule has 1 fully saturated rings. The Morgan fingerprint density at radius 1 is 1.46 bits per heavy atom. The first-order chi connectivity index (χ1) is 6.25. The van der Waals surface area contributed by atoms with E-state index in [4.69, 9.17) is 4.74 Å². The first kappa shape index (κ1) is 8.19. The molecule has 1 atom stereocenters. The predicted octanol–water partition coefficient (Wildman–Crippen LogP) is 1.54. The maximum Gasteiger partial charge on any atom is 0.269 e. The minimum absolute atomic E-state index is 0.139. The third kappa shape index (κ3) is 2.03. The Balaban J connectivity index is 2.08. The topological polar surface area (TPSA) is 55.7 Å². The highest BCUT2D eigenvalue weighted by atomic mass is 16.6. The van der Waals surface area contributed by atoms with Gasteiger partial charge in [0.05, 0.1) is 17.6 Å². The van der Waals surface area contributed by atoms with Gasteiger partial charge in [-0.3, -0.25) is 10.1 Å². The van der Waals surface area contributed by atoms with Crippen LogP contribution in [0, 0.1) is 10.1 Å². The van der Waals surface area contributed by atoms with Gasteiger partial charge in [-0.25, -0.2) is 0 Å². The monoisotopic (exact) mass is 179 g/mol. The van der Waals surface area contributed by atoms with Crippen molar-refractivity contribution in [1.82, 2.24) is 0 Å². The van der Waals surface area contributed by atoms with Crippen LogP contribution in [0.15, 0.2) is 24.3 Å². The van der Waals surface area contributed by atoms with Crippen LogP contribution in [0.4, 0.5) is 5.69 Å². The first-order valence-corrected chi connectivity index (χ1v) is 4.10. The molecule has 0 spiro atoms. The van der Waals surface area contributed by atoms with Crippen LogP contribution < -0.4 is 0 Å². The summed E-state index contributed by atoms with van der Waals surface area (Å²) in [6.45, 7) is 0.816. The largest absolute Gasteiger partial charge is 0.373 e. The Kier molecular flexibility index (Phi) is 1.98. The molecule has 1 aromatic rings. The molecular weight excluding hydrogens is 170 g/mol. The van der Waals surface area contributed by atoms with Crippen molar-refractivity contribution in [1.29, 1.82) is 0 Å².